The van der Waals surface area contributed by atoms with Gasteiger partial charge in [-0.15, -0.1) is 0 Å². The number of hydrogen-bond donors (Lipinski definition) is 0. The van der Waals surface area contributed by atoms with Crippen LogP contribution in [0.2, 0.25) is 0 Å². The van der Waals surface area contributed by atoms with Crippen LogP contribution in [-0.4, -0.2) is 39.2 Å². The number of benzene rings is 3. The maximum atomic E-state index is 13.0. The van der Waals surface area contributed by atoms with Gasteiger partial charge in [-0.3, -0.25) is 4.79 Å². The fourth-order valence-electron chi connectivity index (χ4n) is 3.18. The van der Waals surface area contributed by atoms with Gasteiger partial charge in [0, 0.05) is 19.2 Å². The van der Waals surface area contributed by atoms with Gasteiger partial charge in [0.05, 0.1) is 21.3 Å². The molecule has 0 saturated heterocycles. The summed E-state index contributed by atoms with van der Waals surface area (Å²) in [6.45, 7) is 0.497. The van der Waals surface area contributed by atoms with Gasteiger partial charge < -0.3 is 19.1 Å². The Morgan fingerprint density at radius 2 is 1.52 bits per heavy atom. The topological polar surface area (TPSA) is 48.0 Å². The average Bonchev–Trinajstić information content (AvgIpc) is 2.72. The molecule has 140 valence electrons. The molecule has 1 amide bonds. The van der Waals surface area contributed by atoms with Gasteiger partial charge in [-0.2, -0.15) is 0 Å². The van der Waals surface area contributed by atoms with E-state index in [1.165, 1.54) is 21.3 Å². The highest BCUT2D eigenvalue weighted by molar-refractivity contribution is 5.96. The smallest absolute Gasteiger partial charge is 0.254 e. The molecule has 3 rings (SSSR count). The first-order chi connectivity index (χ1) is 13.1. The summed E-state index contributed by atoms with van der Waals surface area (Å²) in [6.07, 6.45) is 0. The maximum absolute atomic E-state index is 13.0. The summed E-state index contributed by atoms with van der Waals surface area (Å²) in [6, 6.07) is 17.6. The molecule has 0 bridgehead atoms. The van der Waals surface area contributed by atoms with Gasteiger partial charge in [0.25, 0.3) is 5.91 Å². The van der Waals surface area contributed by atoms with Crippen LogP contribution in [0.5, 0.6) is 17.2 Å². The second-order valence-electron chi connectivity index (χ2n) is 6.21. The lowest BCUT2D eigenvalue weighted by atomic mass is 10.0. The molecule has 0 radical (unpaired) electrons. The van der Waals surface area contributed by atoms with E-state index in [0.29, 0.717) is 29.4 Å². The Labute approximate surface area is 159 Å². The molecule has 0 fully saturated rings. The summed E-state index contributed by atoms with van der Waals surface area (Å²) in [4.78, 5) is 14.7. The van der Waals surface area contributed by atoms with E-state index < -0.39 is 0 Å². The van der Waals surface area contributed by atoms with Crippen molar-refractivity contribution >= 4 is 16.7 Å². The van der Waals surface area contributed by atoms with Crippen LogP contribution < -0.4 is 14.2 Å². The Bertz CT molecular complexity index is 937. The molecule has 5 nitrogen and oxygen atoms in total. The van der Waals surface area contributed by atoms with Crippen LogP contribution in [0.3, 0.4) is 0 Å². The highest BCUT2D eigenvalue weighted by atomic mass is 16.5. The van der Waals surface area contributed by atoms with Gasteiger partial charge in [0.1, 0.15) is 0 Å². The first kappa shape index (κ1) is 18.6. The van der Waals surface area contributed by atoms with Crippen LogP contribution in [-0.2, 0) is 6.54 Å². The zero-order valence-electron chi connectivity index (χ0n) is 16.0. The monoisotopic (exact) mass is 365 g/mol. The third-order valence-electron chi connectivity index (χ3n) is 4.55. The van der Waals surface area contributed by atoms with Gasteiger partial charge >= 0.3 is 0 Å². The van der Waals surface area contributed by atoms with Crippen molar-refractivity contribution in [3.05, 3.63) is 65.7 Å². The molecule has 0 N–H and O–H groups in total. The Hall–Kier alpha value is -3.21. The molecule has 0 saturated carbocycles. The molecule has 0 atom stereocenters. The Balaban J connectivity index is 1.91. The van der Waals surface area contributed by atoms with Gasteiger partial charge in [-0.25, -0.2) is 0 Å². The molecule has 0 spiro atoms. The minimum atomic E-state index is -0.123. The SMILES string of the molecule is COc1cc(C(=O)N(C)Cc2cccc3ccccc23)cc(OC)c1OC. The van der Waals surface area contributed by atoms with E-state index in [0.717, 1.165) is 16.3 Å². The van der Waals surface area contributed by atoms with Gasteiger partial charge in [0.15, 0.2) is 11.5 Å². The minimum Gasteiger partial charge on any atom is -0.493 e. The van der Waals surface area contributed by atoms with E-state index >= 15 is 0 Å². The van der Waals surface area contributed by atoms with Gasteiger partial charge in [0.2, 0.25) is 5.75 Å². The van der Waals surface area contributed by atoms with E-state index in [-0.39, 0.29) is 5.91 Å². The molecule has 0 aliphatic rings. The standard InChI is InChI=1S/C22H23NO4/c1-23(14-16-10-7-9-15-8-5-6-11-18(15)16)22(24)17-12-19(25-2)21(27-4)20(13-17)26-3/h5-13H,14H2,1-4H3. The molecule has 3 aromatic carbocycles. The van der Waals surface area contributed by atoms with Gasteiger partial charge in [-0.05, 0) is 28.5 Å². The van der Waals surface area contributed by atoms with Crippen LogP contribution >= 0.6 is 0 Å². The minimum absolute atomic E-state index is 0.123. The van der Waals surface area contributed by atoms with Crippen LogP contribution in [0.4, 0.5) is 0 Å². The lowest BCUT2D eigenvalue weighted by molar-refractivity contribution is 0.0785. The number of fused-ring (bicyclic) bond motifs is 1. The molecule has 0 unspecified atom stereocenters. The lowest BCUT2D eigenvalue weighted by Gasteiger charge is -2.20. The Kier molecular flexibility index (Phi) is 5.50. The molecule has 0 aromatic heterocycles. The number of carbonyl (C=O) groups excluding carboxylic acids is 1. The second kappa shape index (κ2) is 7.99. The van der Waals surface area contributed by atoms with E-state index in [9.17, 15) is 4.79 Å². The van der Waals surface area contributed by atoms with E-state index in [4.69, 9.17) is 14.2 Å². The van der Waals surface area contributed by atoms with Crippen molar-refractivity contribution in [3.63, 3.8) is 0 Å². The first-order valence-corrected chi connectivity index (χ1v) is 8.61. The summed E-state index contributed by atoms with van der Waals surface area (Å²) >= 11 is 0. The zero-order valence-corrected chi connectivity index (χ0v) is 16.0. The summed E-state index contributed by atoms with van der Waals surface area (Å²) in [5, 5.41) is 2.30. The van der Waals surface area contributed by atoms with Crippen LogP contribution in [0, 0.1) is 0 Å². The molecule has 27 heavy (non-hydrogen) atoms. The number of nitrogens with zero attached hydrogens (tertiary/aromatic N) is 1. The van der Waals surface area contributed by atoms with Crippen molar-refractivity contribution in [2.45, 2.75) is 6.54 Å². The number of hydrogen-bond acceptors (Lipinski definition) is 4. The van der Waals surface area contributed by atoms with Crippen LogP contribution in [0.25, 0.3) is 10.8 Å². The van der Waals surface area contributed by atoms with E-state index in [1.807, 2.05) is 24.3 Å². The summed E-state index contributed by atoms with van der Waals surface area (Å²) in [5.74, 6) is 1.26. The molecule has 0 aliphatic heterocycles. The molecular formula is C22H23NO4. The Morgan fingerprint density at radius 1 is 0.889 bits per heavy atom. The summed E-state index contributed by atoms with van der Waals surface area (Å²) in [7, 11) is 6.39. The number of methoxy groups -OCH3 is 3. The van der Waals surface area contributed by atoms with Crippen molar-refractivity contribution in [1.29, 1.82) is 0 Å². The molecule has 5 heteroatoms. The third kappa shape index (κ3) is 3.67. The van der Waals surface area contributed by atoms with Crippen molar-refractivity contribution in [1.82, 2.24) is 4.90 Å². The maximum Gasteiger partial charge on any atom is 0.254 e. The highest BCUT2D eigenvalue weighted by Crippen LogP contribution is 2.38. The highest BCUT2D eigenvalue weighted by Gasteiger charge is 2.19. The van der Waals surface area contributed by atoms with Crippen molar-refractivity contribution in [2.24, 2.45) is 0 Å². The fraction of sp³-hybridized carbons (Fsp3) is 0.227. The molecular weight excluding hydrogens is 342 g/mol. The second-order valence-corrected chi connectivity index (χ2v) is 6.21. The predicted molar refractivity (Wildman–Crippen MR) is 106 cm³/mol. The molecule has 0 heterocycles. The van der Waals surface area contributed by atoms with Crippen molar-refractivity contribution in [2.75, 3.05) is 28.4 Å². The number of ether oxygens (including phenoxy) is 3. The molecule has 3 aromatic rings. The van der Waals surface area contributed by atoms with Gasteiger partial charge in [-0.1, -0.05) is 42.5 Å². The Morgan fingerprint density at radius 3 is 2.15 bits per heavy atom. The van der Waals surface area contributed by atoms with E-state index in [2.05, 4.69) is 18.2 Å². The number of carbonyl (C=O) groups is 1. The first-order valence-electron chi connectivity index (χ1n) is 8.61. The zero-order chi connectivity index (χ0) is 19.4. The van der Waals surface area contributed by atoms with E-state index in [1.54, 1.807) is 24.1 Å². The average molecular weight is 365 g/mol. The quantitative estimate of drug-likeness (QED) is 0.659. The normalized spacial score (nSPS) is 10.5. The van der Waals surface area contributed by atoms with Crippen molar-refractivity contribution in [3.8, 4) is 17.2 Å². The third-order valence-corrected chi connectivity index (χ3v) is 4.55. The summed E-state index contributed by atoms with van der Waals surface area (Å²) in [5.41, 5.74) is 1.57. The number of rotatable bonds is 6. The molecule has 0 aliphatic carbocycles. The van der Waals surface area contributed by atoms with Crippen molar-refractivity contribution < 1.29 is 19.0 Å². The lowest BCUT2D eigenvalue weighted by Crippen LogP contribution is -2.26. The van der Waals surface area contributed by atoms with Crippen LogP contribution in [0.1, 0.15) is 15.9 Å². The van der Waals surface area contributed by atoms with Crippen LogP contribution in [0.15, 0.2) is 54.6 Å². The fourth-order valence-corrected chi connectivity index (χ4v) is 3.18. The summed E-state index contributed by atoms with van der Waals surface area (Å²) < 4.78 is 16.0. The largest absolute Gasteiger partial charge is 0.493 e. The number of amides is 1. The predicted octanol–water partition coefficient (Wildman–Crippen LogP) is 4.14.